The van der Waals surface area contributed by atoms with Gasteiger partial charge in [-0.05, 0) is 55.0 Å². The van der Waals surface area contributed by atoms with E-state index in [2.05, 4.69) is 26.1 Å². The first kappa shape index (κ1) is 19.2. The summed E-state index contributed by atoms with van der Waals surface area (Å²) >= 11 is 0. The number of anilines is 1. The predicted octanol–water partition coefficient (Wildman–Crippen LogP) is 4.65. The molecule has 3 atom stereocenters. The quantitative estimate of drug-likeness (QED) is 0.670. The Morgan fingerprint density at radius 3 is 2.17 bits per heavy atom. The van der Waals surface area contributed by atoms with Crippen LogP contribution in [0.4, 0.5) is 5.69 Å². The van der Waals surface area contributed by atoms with Crippen molar-refractivity contribution in [3.63, 3.8) is 0 Å². The van der Waals surface area contributed by atoms with Gasteiger partial charge in [-0.1, -0.05) is 45.0 Å². The molecule has 2 N–H and O–H groups in total. The molecule has 1 saturated carbocycles. The van der Waals surface area contributed by atoms with Crippen LogP contribution in [-0.2, 0) is 15.6 Å². The summed E-state index contributed by atoms with van der Waals surface area (Å²) in [6.45, 7) is 8.33. The van der Waals surface area contributed by atoms with Crippen LogP contribution in [-0.4, -0.2) is 21.0 Å². The second kappa shape index (κ2) is 6.11. The molecule has 1 aromatic heterocycles. The number of aliphatic hydroxyl groups is 1. The van der Waals surface area contributed by atoms with Crippen LogP contribution < -0.4 is 5.32 Å². The largest absolute Gasteiger partial charge is 0.389 e. The molecule has 3 aromatic rings. The van der Waals surface area contributed by atoms with Crippen LogP contribution in [0.3, 0.4) is 0 Å². The second-order valence-corrected chi connectivity index (χ2v) is 9.52. The lowest BCUT2D eigenvalue weighted by atomic mass is 9.63. The number of rotatable bonds is 3. The van der Waals surface area contributed by atoms with Gasteiger partial charge in [0, 0.05) is 11.1 Å². The van der Waals surface area contributed by atoms with Crippen LogP contribution in [0.1, 0.15) is 63.6 Å². The van der Waals surface area contributed by atoms with Gasteiger partial charge in [0.15, 0.2) is 0 Å². The number of hydrogen-bond acceptors (Lipinski definition) is 4. The van der Waals surface area contributed by atoms with Crippen LogP contribution in [0.25, 0.3) is 11.0 Å². The van der Waals surface area contributed by atoms with Crippen molar-refractivity contribution in [2.24, 2.45) is 5.41 Å². The smallest absolute Gasteiger partial charge is 0.237 e. The van der Waals surface area contributed by atoms with Gasteiger partial charge in [0.25, 0.3) is 0 Å². The number of fused-ring (bicyclic) bond motifs is 6. The molecule has 1 amide bonds. The minimum atomic E-state index is -0.725. The number of carbonyl (C=O) groups excluding carboxylic acids is 1. The Labute approximate surface area is 176 Å². The summed E-state index contributed by atoms with van der Waals surface area (Å²) < 4.78 is 0. The van der Waals surface area contributed by atoms with Crippen molar-refractivity contribution < 1.29 is 9.90 Å². The molecule has 1 fully saturated rings. The lowest BCUT2D eigenvalue weighted by Gasteiger charge is -2.39. The van der Waals surface area contributed by atoms with E-state index < -0.39 is 11.5 Å². The third-order valence-electron chi connectivity index (χ3n) is 7.98. The van der Waals surface area contributed by atoms with Crippen molar-refractivity contribution in [1.29, 1.82) is 0 Å². The number of benzene rings is 2. The Bertz CT molecular complexity index is 1170. The normalized spacial score (nSPS) is 27.1. The molecule has 154 valence electrons. The molecule has 0 aliphatic heterocycles. The van der Waals surface area contributed by atoms with Gasteiger partial charge in [0.05, 0.1) is 33.9 Å². The van der Waals surface area contributed by atoms with Crippen LogP contribution in [0.15, 0.2) is 48.5 Å². The Balaban J connectivity index is 1.62. The molecule has 0 spiro atoms. The fraction of sp³-hybridized carbons (Fsp3) is 0.400. The molecule has 0 radical (unpaired) electrons. The second-order valence-electron chi connectivity index (χ2n) is 9.52. The van der Waals surface area contributed by atoms with Gasteiger partial charge in [-0.25, -0.2) is 9.97 Å². The third-order valence-corrected chi connectivity index (χ3v) is 7.98. The van der Waals surface area contributed by atoms with Crippen LogP contribution in [0.2, 0.25) is 0 Å². The standard InChI is InChI=1S/C25H27N3O2/c1-15(29)16-9-11-17(12-10-16)26-22(30)25-14-13-24(4,23(25,2)3)20-21(25)28-19-8-6-5-7-18(19)27-20/h5-12,15,29H,13-14H2,1-4H3,(H,26,30). The monoisotopic (exact) mass is 401 g/mol. The summed E-state index contributed by atoms with van der Waals surface area (Å²) in [6, 6.07) is 15.3. The number of hydrogen-bond donors (Lipinski definition) is 2. The fourth-order valence-electron chi connectivity index (χ4n) is 5.63. The average Bonchev–Trinajstić information content (AvgIpc) is 3.02. The maximum absolute atomic E-state index is 13.8. The SMILES string of the molecule is CC(O)c1ccc(NC(=O)C23CCC(C)(c4nc5ccccc5nc42)C3(C)C)cc1. The van der Waals surface area contributed by atoms with E-state index in [9.17, 15) is 9.90 Å². The zero-order chi connectivity index (χ0) is 21.3. The van der Waals surface area contributed by atoms with E-state index in [1.54, 1.807) is 6.92 Å². The number of nitrogens with one attached hydrogen (secondary N) is 1. The van der Waals surface area contributed by atoms with E-state index in [0.29, 0.717) is 0 Å². The van der Waals surface area contributed by atoms with Gasteiger partial charge in [-0.15, -0.1) is 0 Å². The summed E-state index contributed by atoms with van der Waals surface area (Å²) in [6.07, 6.45) is 1.13. The highest BCUT2D eigenvalue weighted by molar-refractivity contribution is 6.02. The van der Waals surface area contributed by atoms with Crippen molar-refractivity contribution in [1.82, 2.24) is 9.97 Å². The summed E-state index contributed by atoms with van der Waals surface area (Å²) in [5.74, 6) is -0.0237. The molecule has 2 bridgehead atoms. The van der Waals surface area contributed by atoms with Crippen molar-refractivity contribution in [3.8, 4) is 0 Å². The van der Waals surface area contributed by atoms with Gasteiger partial charge in [-0.3, -0.25) is 4.79 Å². The number of para-hydroxylation sites is 2. The molecule has 5 nitrogen and oxygen atoms in total. The van der Waals surface area contributed by atoms with Crippen LogP contribution >= 0.6 is 0 Å². The van der Waals surface area contributed by atoms with Gasteiger partial charge in [-0.2, -0.15) is 0 Å². The zero-order valence-corrected chi connectivity index (χ0v) is 17.9. The number of nitrogens with zero attached hydrogens (tertiary/aromatic N) is 2. The van der Waals surface area contributed by atoms with E-state index in [-0.39, 0.29) is 16.7 Å². The highest BCUT2D eigenvalue weighted by atomic mass is 16.3. The molecule has 2 aromatic carbocycles. The topological polar surface area (TPSA) is 75.1 Å². The first-order valence-electron chi connectivity index (χ1n) is 10.6. The van der Waals surface area contributed by atoms with E-state index >= 15 is 0 Å². The molecule has 2 aliphatic rings. The predicted molar refractivity (Wildman–Crippen MR) is 117 cm³/mol. The van der Waals surface area contributed by atoms with Crippen LogP contribution in [0, 0.1) is 5.41 Å². The first-order valence-corrected chi connectivity index (χ1v) is 10.6. The number of carbonyl (C=O) groups is 1. The molecular weight excluding hydrogens is 374 g/mol. The summed E-state index contributed by atoms with van der Waals surface area (Å²) in [7, 11) is 0. The summed E-state index contributed by atoms with van der Waals surface area (Å²) in [4.78, 5) is 23.8. The first-order chi connectivity index (χ1) is 14.2. The molecule has 1 heterocycles. The molecule has 2 aliphatic carbocycles. The van der Waals surface area contributed by atoms with Crippen LogP contribution in [0.5, 0.6) is 0 Å². The molecule has 5 heteroatoms. The molecule has 0 saturated heterocycles. The number of aliphatic hydroxyl groups excluding tert-OH is 1. The van der Waals surface area contributed by atoms with Crippen molar-refractivity contribution in [2.75, 3.05) is 5.32 Å². The third kappa shape index (κ3) is 2.24. The maximum Gasteiger partial charge on any atom is 0.237 e. The lowest BCUT2D eigenvalue weighted by molar-refractivity contribution is -0.125. The van der Waals surface area contributed by atoms with Crippen molar-refractivity contribution in [3.05, 3.63) is 65.5 Å². The minimum absolute atomic E-state index is 0.0237. The Morgan fingerprint density at radius 1 is 0.967 bits per heavy atom. The molecular formula is C25H27N3O2. The molecule has 5 rings (SSSR count). The van der Waals surface area contributed by atoms with E-state index in [4.69, 9.17) is 9.97 Å². The van der Waals surface area contributed by atoms with E-state index in [0.717, 1.165) is 46.5 Å². The highest BCUT2D eigenvalue weighted by Gasteiger charge is 2.73. The Kier molecular flexibility index (Phi) is 3.91. The van der Waals surface area contributed by atoms with Gasteiger partial charge < -0.3 is 10.4 Å². The number of amides is 1. The fourth-order valence-corrected chi connectivity index (χ4v) is 5.63. The molecule has 3 unspecified atom stereocenters. The molecule has 30 heavy (non-hydrogen) atoms. The van der Waals surface area contributed by atoms with Crippen molar-refractivity contribution >= 4 is 22.6 Å². The summed E-state index contributed by atoms with van der Waals surface area (Å²) in [5.41, 5.74) is 3.82. The van der Waals surface area contributed by atoms with Gasteiger partial charge in [0.2, 0.25) is 5.91 Å². The Hall–Kier alpha value is -2.79. The maximum atomic E-state index is 13.8. The lowest BCUT2D eigenvalue weighted by Crippen LogP contribution is -2.48. The van der Waals surface area contributed by atoms with E-state index in [1.807, 2.05) is 48.5 Å². The highest BCUT2D eigenvalue weighted by Crippen LogP contribution is 2.70. The summed E-state index contributed by atoms with van der Waals surface area (Å²) in [5, 5.41) is 12.9. The van der Waals surface area contributed by atoms with Gasteiger partial charge in [0.1, 0.15) is 0 Å². The Morgan fingerprint density at radius 2 is 1.57 bits per heavy atom. The number of aromatic nitrogens is 2. The van der Waals surface area contributed by atoms with Gasteiger partial charge >= 0.3 is 0 Å². The zero-order valence-electron chi connectivity index (χ0n) is 17.9. The van der Waals surface area contributed by atoms with Crippen molar-refractivity contribution in [2.45, 2.75) is 57.5 Å². The van der Waals surface area contributed by atoms with E-state index in [1.165, 1.54) is 0 Å². The average molecular weight is 402 g/mol. The minimum Gasteiger partial charge on any atom is -0.389 e.